The number of hydrogen-bond acceptors (Lipinski definition) is 9. The molecule has 15 nitrogen and oxygen atoms in total. The van der Waals surface area contributed by atoms with Gasteiger partial charge in [0.1, 0.15) is 24.2 Å². The summed E-state index contributed by atoms with van der Waals surface area (Å²) in [4.78, 5) is 85.1. The summed E-state index contributed by atoms with van der Waals surface area (Å²) < 4.78 is 9.58. The van der Waals surface area contributed by atoms with E-state index in [2.05, 4.69) is 94.3 Å². The molecule has 0 aliphatic carbocycles. The topological polar surface area (TPSA) is 179 Å². The third-order valence-electron chi connectivity index (χ3n) is 13.3. The van der Waals surface area contributed by atoms with Crippen molar-refractivity contribution < 1.29 is 38.2 Å². The highest BCUT2D eigenvalue weighted by Crippen LogP contribution is 2.47. The van der Waals surface area contributed by atoms with E-state index in [-0.39, 0.29) is 35.7 Å². The average molecular weight is 938 g/mol. The first-order chi connectivity index (χ1) is 31.5. The van der Waals surface area contributed by atoms with Crippen LogP contribution < -0.4 is 31.4 Å². The lowest BCUT2D eigenvalue weighted by Crippen LogP contribution is -2.57. The van der Waals surface area contributed by atoms with Crippen LogP contribution in [0.25, 0.3) is 0 Å². The lowest BCUT2D eigenvalue weighted by Gasteiger charge is -2.35. The number of alkyl carbamates (subject to hydrolysis) is 2. The highest BCUT2D eigenvalue weighted by atomic mass is 28.3. The molecule has 6 amide bonds. The Morgan fingerprint density at radius 3 is 1.27 bits per heavy atom. The number of ether oxygens (including phenoxy) is 2. The first-order valence-corrected chi connectivity index (χ1v) is 27.0. The molecule has 362 valence electrons. The van der Waals surface area contributed by atoms with E-state index in [1.807, 2.05) is 65.8 Å². The molecule has 3 heterocycles. The molecule has 16 heteroatoms. The maximum Gasteiger partial charge on any atom is 0.407 e. The molecule has 0 unspecified atom stereocenters. The number of benzene rings is 3. The van der Waals surface area contributed by atoms with Crippen LogP contribution in [-0.2, 0) is 28.7 Å². The van der Waals surface area contributed by atoms with Gasteiger partial charge in [-0.25, -0.2) is 9.59 Å². The van der Waals surface area contributed by atoms with E-state index in [1.165, 1.54) is 19.4 Å². The third-order valence-corrected chi connectivity index (χ3v) is 15.4. The zero-order chi connectivity index (χ0) is 49.0. The monoisotopic (exact) mass is 938 g/mol. The van der Waals surface area contributed by atoms with Crippen molar-refractivity contribution in [3.8, 4) is 0 Å². The van der Waals surface area contributed by atoms with Crippen LogP contribution in [0, 0.1) is 10.8 Å². The summed E-state index contributed by atoms with van der Waals surface area (Å²) in [6.45, 7) is 19.0. The minimum Gasteiger partial charge on any atom is -0.453 e. The van der Waals surface area contributed by atoms with Crippen molar-refractivity contribution in [2.75, 3.05) is 42.8 Å². The first-order valence-electron chi connectivity index (χ1n) is 23.5. The summed E-state index contributed by atoms with van der Waals surface area (Å²) in [5, 5.41) is 12.8. The van der Waals surface area contributed by atoms with Gasteiger partial charge in [-0.3, -0.25) is 19.2 Å². The van der Waals surface area contributed by atoms with Gasteiger partial charge < -0.3 is 45.4 Å². The molecule has 3 aromatic rings. The maximum atomic E-state index is 13.8. The summed E-state index contributed by atoms with van der Waals surface area (Å²) in [7, 11) is 0.952. The Morgan fingerprint density at radius 2 is 0.940 bits per heavy atom. The molecule has 3 aromatic carbocycles. The van der Waals surface area contributed by atoms with Gasteiger partial charge in [-0.15, -0.1) is 0 Å². The van der Waals surface area contributed by atoms with E-state index in [1.54, 1.807) is 9.80 Å². The van der Waals surface area contributed by atoms with E-state index in [9.17, 15) is 28.8 Å². The van der Waals surface area contributed by atoms with Gasteiger partial charge in [-0.05, 0) is 96.9 Å². The zero-order valence-electron chi connectivity index (χ0n) is 41.2. The molecule has 3 fully saturated rings. The van der Waals surface area contributed by atoms with Crippen molar-refractivity contribution in [2.45, 2.75) is 136 Å². The molecule has 0 bridgehead atoms. The van der Waals surface area contributed by atoms with E-state index in [0.29, 0.717) is 50.1 Å². The number of amides is 6. The smallest absolute Gasteiger partial charge is 0.407 e. The number of nitrogens with one attached hydrogen (secondary N) is 4. The van der Waals surface area contributed by atoms with Gasteiger partial charge in [0.15, 0.2) is 0 Å². The minimum absolute atomic E-state index is 0.0305. The summed E-state index contributed by atoms with van der Waals surface area (Å²) in [6, 6.07) is 21.8. The second-order valence-electron chi connectivity index (χ2n) is 21.3. The number of likely N-dealkylation sites (tertiary alicyclic amines) is 2. The number of nitrogens with zero attached hydrogens (tertiary/aromatic N) is 3. The highest BCUT2D eigenvalue weighted by molar-refractivity contribution is 6.88. The SMILES string of the molecule is COC(=O)N[C@H](C(=O)N1CCC[C@H]1C(=O)Nc1ccc([C@@H]2CC[C@@H](c3ccc(NC(=O)[C@@H]4CCCN4C(=O)[C@@H](NC(=O)OC)C(C)(C)C)cc3)N2c2ccc([Si](C)(C)C)cc2)cc1)C(C)(C)C. The van der Waals surface area contributed by atoms with Crippen molar-refractivity contribution in [2.24, 2.45) is 10.8 Å². The lowest BCUT2D eigenvalue weighted by atomic mass is 9.85. The highest BCUT2D eigenvalue weighted by Gasteiger charge is 2.44. The Labute approximate surface area is 397 Å². The normalized spacial score (nSPS) is 20.7. The molecule has 0 aromatic heterocycles. The van der Waals surface area contributed by atoms with Crippen molar-refractivity contribution in [1.29, 1.82) is 0 Å². The Hall–Kier alpha value is -5.90. The number of rotatable bonds is 12. The van der Waals surface area contributed by atoms with E-state index < -0.39 is 55.3 Å². The summed E-state index contributed by atoms with van der Waals surface area (Å²) in [6.07, 6.45) is 2.74. The van der Waals surface area contributed by atoms with Gasteiger partial charge in [0.05, 0.1) is 34.4 Å². The Bertz CT molecular complexity index is 2140. The van der Waals surface area contributed by atoms with Crippen molar-refractivity contribution in [3.05, 3.63) is 83.9 Å². The van der Waals surface area contributed by atoms with Crippen LogP contribution in [0.1, 0.15) is 103 Å². The van der Waals surface area contributed by atoms with Crippen molar-refractivity contribution in [3.63, 3.8) is 0 Å². The molecule has 6 rings (SSSR count). The van der Waals surface area contributed by atoms with Gasteiger partial charge in [-0.1, -0.05) is 103 Å². The predicted octanol–water partition coefficient (Wildman–Crippen LogP) is 7.72. The molecular weight excluding hydrogens is 867 g/mol. The lowest BCUT2D eigenvalue weighted by molar-refractivity contribution is -0.140. The number of hydrogen-bond donors (Lipinski definition) is 4. The molecule has 0 radical (unpaired) electrons. The second kappa shape index (κ2) is 20.5. The summed E-state index contributed by atoms with van der Waals surface area (Å²) in [5.41, 5.74) is 3.34. The molecule has 0 saturated carbocycles. The number of methoxy groups -OCH3 is 2. The predicted molar refractivity (Wildman–Crippen MR) is 264 cm³/mol. The molecule has 6 atom stereocenters. The van der Waals surface area contributed by atoms with Crippen LogP contribution in [0.2, 0.25) is 19.6 Å². The number of carbonyl (C=O) groups excluding carboxylic acids is 6. The Balaban J connectivity index is 1.18. The van der Waals surface area contributed by atoms with Crippen molar-refractivity contribution in [1.82, 2.24) is 20.4 Å². The zero-order valence-corrected chi connectivity index (χ0v) is 42.2. The quantitative estimate of drug-likeness (QED) is 0.132. The van der Waals surface area contributed by atoms with Gasteiger partial charge in [0.25, 0.3) is 0 Å². The number of anilines is 3. The van der Waals surface area contributed by atoms with Gasteiger partial charge >= 0.3 is 12.2 Å². The van der Waals surface area contributed by atoms with E-state index in [4.69, 9.17) is 9.47 Å². The molecule has 0 spiro atoms. The Kier molecular flexibility index (Phi) is 15.5. The van der Waals surface area contributed by atoms with Crippen molar-refractivity contribution >= 4 is 66.1 Å². The van der Waals surface area contributed by atoms with Crippen LogP contribution in [0.15, 0.2) is 72.8 Å². The molecule has 3 saturated heterocycles. The molecule has 67 heavy (non-hydrogen) atoms. The summed E-state index contributed by atoms with van der Waals surface area (Å²) in [5.74, 6) is -1.18. The van der Waals surface area contributed by atoms with E-state index >= 15 is 0 Å². The van der Waals surface area contributed by atoms with Gasteiger partial charge in [0, 0.05) is 30.2 Å². The fourth-order valence-corrected chi connectivity index (χ4v) is 10.7. The second-order valence-corrected chi connectivity index (χ2v) is 26.4. The first kappa shape index (κ1) is 50.5. The van der Waals surface area contributed by atoms with Gasteiger partial charge in [-0.2, -0.15) is 0 Å². The van der Waals surface area contributed by atoms with E-state index in [0.717, 1.165) is 29.7 Å². The summed E-state index contributed by atoms with van der Waals surface area (Å²) >= 11 is 0. The fraction of sp³-hybridized carbons (Fsp3) is 0.529. The maximum absolute atomic E-state index is 13.8. The van der Waals surface area contributed by atoms with Crippen LogP contribution >= 0.6 is 0 Å². The average Bonchev–Trinajstić information content (AvgIpc) is 4.07. The third kappa shape index (κ3) is 11.8. The van der Waals surface area contributed by atoms with Crippen LogP contribution in [0.4, 0.5) is 26.7 Å². The molecule has 3 aliphatic heterocycles. The number of carbonyl (C=O) groups is 6. The molecule has 4 N–H and O–H groups in total. The Morgan fingerprint density at radius 1 is 0.567 bits per heavy atom. The van der Waals surface area contributed by atoms with Crippen LogP contribution in [0.3, 0.4) is 0 Å². The molecular formula is C51H71N7O8Si. The van der Waals surface area contributed by atoms with Crippen LogP contribution in [0.5, 0.6) is 0 Å². The largest absolute Gasteiger partial charge is 0.453 e. The minimum atomic E-state index is -1.56. The fourth-order valence-electron chi connectivity index (χ4n) is 9.58. The standard InChI is InChI=1S/C51H71N7O8Si/c1-50(2,3)42(54-48(63)65-7)46(61)56-30-12-14-40(56)44(59)52-34-20-16-32(17-21-34)38-28-29-39(58(38)36-24-26-37(27-25-36)67(9,10)11)33-18-22-35(23-19-33)53-45(60)41-15-13-31-57(41)47(62)43(51(4,5)6)55-49(64)66-8/h16-27,38-43H,12-15,28-31H2,1-11H3,(H,52,59)(H,53,60)(H,54,63)(H,55,64)/t38-,39-,40-,41-,42+,43+/m0/s1. The molecule has 3 aliphatic rings. The van der Waals surface area contributed by atoms with Gasteiger partial charge in [0.2, 0.25) is 23.6 Å². The van der Waals surface area contributed by atoms with Crippen LogP contribution in [-0.4, -0.2) is 105 Å².